The van der Waals surface area contributed by atoms with E-state index in [0.29, 0.717) is 12.8 Å². The third-order valence-corrected chi connectivity index (χ3v) is 4.18. The van der Waals surface area contributed by atoms with Crippen LogP contribution in [-0.4, -0.2) is 30.8 Å². The van der Waals surface area contributed by atoms with Crippen LogP contribution >= 0.6 is 11.6 Å². The van der Waals surface area contributed by atoms with Gasteiger partial charge < -0.3 is 5.11 Å². The van der Waals surface area contributed by atoms with Crippen LogP contribution in [0.2, 0.25) is 5.28 Å². The number of hydrogen-bond donors (Lipinski definition) is 1. The molecule has 1 saturated carbocycles. The second-order valence-electron chi connectivity index (χ2n) is 5.25. The van der Waals surface area contributed by atoms with Gasteiger partial charge >= 0.3 is 5.97 Å². The summed E-state index contributed by atoms with van der Waals surface area (Å²) < 4.78 is 1.89. The summed E-state index contributed by atoms with van der Waals surface area (Å²) in [5.41, 5.74) is 1.61. The zero-order valence-corrected chi connectivity index (χ0v) is 11.8. The number of nitrogens with zero attached hydrogens (tertiary/aromatic N) is 4. The molecule has 0 atom stereocenters. The molecule has 0 amide bonds. The summed E-state index contributed by atoms with van der Waals surface area (Å²) in [6.07, 6.45) is 4.65. The Morgan fingerprint density at radius 3 is 2.75 bits per heavy atom. The predicted octanol–water partition coefficient (Wildman–Crippen LogP) is 2.60. The molecule has 106 valence electrons. The standard InChI is InChI=1S/C13H15ClN4O2/c1-7-10-6-15-13(14)16-11(10)18(17-7)9-4-2-8(3-5-9)12(19)20/h6,8-9H,2-5H2,1H3,(H,19,20)/t8-,9+. The minimum Gasteiger partial charge on any atom is -0.481 e. The number of hydrogen-bond acceptors (Lipinski definition) is 4. The first-order valence-corrected chi connectivity index (χ1v) is 7.04. The van der Waals surface area contributed by atoms with E-state index >= 15 is 0 Å². The van der Waals surface area contributed by atoms with Crippen molar-refractivity contribution in [3.63, 3.8) is 0 Å². The van der Waals surface area contributed by atoms with Crippen LogP contribution in [0.5, 0.6) is 0 Å². The Balaban J connectivity index is 1.92. The van der Waals surface area contributed by atoms with Gasteiger partial charge in [0.05, 0.1) is 23.0 Å². The van der Waals surface area contributed by atoms with Crippen molar-refractivity contribution in [2.24, 2.45) is 5.92 Å². The van der Waals surface area contributed by atoms with E-state index in [9.17, 15) is 4.79 Å². The Morgan fingerprint density at radius 2 is 2.10 bits per heavy atom. The molecule has 1 aliphatic rings. The molecule has 0 radical (unpaired) electrons. The maximum atomic E-state index is 11.0. The van der Waals surface area contributed by atoms with Crippen molar-refractivity contribution in [1.29, 1.82) is 0 Å². The summed E-state index contributed by atoms with van der Waals surface area (Å²) in [6, 6.07) is 0.188. The van der Waals surface area contributed by atoms with Crippen LogP contribution in [0.25, 0.3) is 11.0 Å². The van der Waals surface area contributed by atoms with Gasteiger partial charge in [0, 0.05) is 6.20 Å². The molecule has 3 rings (SSSR count). The Bertz CT molecular complexity index is 662. The Labute approximate surface area is 120 Å². The molecule has 0 unspecified atom stereocenters. The highest BCUT2D eigenvalue weighted by Crippen LogP contribution is 2.34. The second-order valence-corrected chi connectivity index (χ2v) is 5.59. The molecule has 0 aromatic carbocycles. The summed E-state index contributed by atoms with van der Waals surface area (Å²) in [6.45, 7) is 1.92. The molecule has 1 fully saturated rings. The van der Waals surface area contributed by atoms with Gasteiger partial charge in [-0.25, -0.2) is 9.67 Å². The van der Waals surface area contributed by atoms with Crippen molar-refractivity contribution in [2.45, 2.75) is 38.6 Å². The van der Waals surface area contributed by atoms with Gasteiger partial charge in [-0.1, -0.05) is 0 Å². The first kappa shape index (κ1) is 13.3. The van der Waals surface area contributed by atoms with Crippen LogP contribution in [0.1, 0.15) is 37.4 Å². The molecule has 2 aromatic heterocycles. The third kappa shape index (κ3) is 2.24. The van der Waals surface area contributed by atoms with Gasteiger partial charge in [0.1, 0.15) is 0 Å². The zero-order chi connectivity index (χ0) is 14.3. The van der Waals surface area contributed by atoms with Gasteiger partial charge in [-0.3, -0.25) is 4.79 Å². The van der Waals surface area contributed by atoms with Crippen molar-refractivity contribution in [2.75, 3.05) is 0 Å². The van der Waals surface area contributed by atoms with Crippen molar-refractivity contribution in [3.8, 4) is 0 Å². The topological polar surface area (TPSA) is 80.9 Å². The molecule has 2 heterocycles. The van der Waals surface area contributed by atoms with Gasteiger partial charge in [-0.2, -0.15) is 10.1 Å². The van der Waals surface area contributed by atoms with E-state index in [1.165, 1.54) is 0 Å². The highest BCUT2D eigenvalue weighted by atomic mass is 35.5. The lowest BCUT2D eigenvalue weighted by Gasteiger charge is -2.26. The van der Waals surface area contributed by atoms with Crippen molar-refractivity contribution >= 4 is 28.6 Å². The maximum absolute atomic E-state index is 11.0. The number of carboxylic acid groups (broad SMARTS) is 1. The van der Waals surface area contributed by atoms with Crippen LogP contribution in [0.4, 0.5) is 0 Å². The zero-order valence-electron chi connectivity index (χ0n) is 11.1. The number of rotatable bonds is 2. The summed E-state index contributed by atoms with van der Waals surface area (Å²) in [5.74, 6) is -0.928. The molecule has 20 heavy (non-hydrogen) atoms. The summed E-state index contributed by atoms with van der Waals surface area (Å²) >= 11 is 5.86. The molecule has 0 aliphatic heterocycles. The number of halogens is 1. The smallest absolute Gasteiger partial charge is 0.306 e. The lowest BCUT2D eigenvalue weighted by atomic mass is 9.86. The lowest BCUT2D eigenvalue weighted by Crippen LogP contribution is -2.24. The van der Waals surface area contributed by atoms with E-state index in [1.807, 2.05) is 11.6 Å². The average molecular weight is 295 g/mol. The molecule has 1 aliphatic carbocycles. The van der Waals surface area contributed by atoms with Crippen LogP contribution in [-0.2, 0) is 4.79 Å². The Kier molecular flexibility index (Phi) is 3.33. The molecule has 6 nitrogen and oxygen atoms in total. The average Bonchev–Trinajstić information content (AvgIpc) is 2.75. The summed E-state index contributed by atoms with van der Waals surface area (Å²) in [4.78, 5) is 19.2. The fourth-order valence-electron chi connectivity index (χ4n) is 2.87. The van der Waals surface area contributed by atoms with Crippen LogP contribution in [0.3, 0.4) is 0 Å². The molecule has 1 N–H and O–H groups in total. The van der Waals surface area contributed by atoms with Gasteiger partial charge in [-0.15, -0.1) is 0 Å². The van der Waals surface area contributed by atoms with E-state index in [0.717, 1.165) is 29.6 Å². The van der Waals surface area contributed by atoms with E-state index in [2.05, 4.69) is 15.1 Å². The minimum absolute atomic E-state index is 0.188. The molecular formula is C13H15ClN4O2. The van der Waals surface area contributed by atoms with E-state index in [1.54, 1.807) is 6.20 Å². The summed E-state index contributed by atoms with van der Waals surface area (Å²) in [5, 5.41) is 14.7. The highest BCUT2D eigenvalue weighted by molar-refractivity contribution is 6.28. The first-order valence-electron chi connectivity index (χ1n) is 6.66. The number of carboxylic acids is 1. The molecular weight excluding hydrogens is 280 g/mol. The molecule has 0 spiro atoms. The fraction of sp³-hybridized carbons (Fsp3) is 0.538. The largest absolute Gasteiger partial charge is 0.481 e. The number of aryl methyl sites for hydroxylation is 1. The van der Waals surface area contributed by atoms with Crippen LogP contribution in [0, 0.1) is 12.8 Å². The fourth-order valence-corrected chi connectivity index (χ4v) is 3.00. The summed E-state index contributed by atoms with van der Waals surface area (Å²) in [7, 11) is 0. The van der Waals surface area contributed by atoms with Crippen LogP contribution in [0.15, 0.2) is 6.20 Å². The molecule has 0 bridgehead atoms. The second kappa shape index (κ2) is 5.01. The van der Waals surface area contributed by atoms with E-state index < -0.39 is 5.97 Å². The monoisotopic (exact) mass is 294 g/mol. The quantitative estimate of drug-likeness (QED) is 0.861. The normalized spacial score (nSPS) is 23.1. The molecule has 0 saturated heterocycles. The number of aromatic nitrogens is 4. The first-order chi connectivity index (χ1) is 9.56. The maximum Gasteiger partial charge on any atom is 0.306 e. The third-order valence-electron chi connectivity index (χ3n) is 4.00. The number of carbonyl (C=O) groups is 1. The Morgan fingerprint density at radius 1 is 1.40 bits per heavy atom. The number of aliphatic carboxylic acids is 1. The van der Waals surface area contributed by atoms with Gasteiger partial charge in [-0.05, 0) is 44.2 Å². The van der Waals surface area contributed by atoms with Gasteiger partial charge in [0.15, 0.2) is 5.65 Å². The van der Waals surface area contributed by atoms with E-state index in [-0.39, 0.29) is 17.2 Å². The SMILES string of the molecule is Cc1nn([C@H]2CC[C@@H](C(=O)O)CC2)c2nc(Cl)ncc12. The lowest BCUT2D eigenvalue weighted by molar-refractivity contribution is -0.143. The van der Waals surface area contributed by atoms with Crippen molar-refractivity contribution in [1.82, 2.24) is 19.7 Å². The predicted molar refractivity (Wildman–Crippen MR) is 73.7 cm³/mol. The molecule has 7 heteroatoms. The number of fused-ring (bicyclic) bond motifs is 1. The van der Waals surface area contributed by atoms with Crippen molar-refractivity contribution < 1.29 is 9.90 Å². The minimum atomic E-state index is -0.699. The molecule has 2 aromatic rings. The highest BCUT2D eigenvalue weighted by Gasteiger charge is 2.28. The van der Waals surface area contributed by atoms with Gasteiger partial charge in [0.25, 0.3) is 0 Å². The van der Waals surface area contributed by atoms with Gasteiger partial charge in [0.2, 0.25) is 5.28 Å². The van der Waals surface area contributed by atoms with Crippen molar-refractivity contribution in [3.05, 3.63) is 17.2 Å². The Hall–Kier alpha value is -1.69. The van der Waals surface area contributed by atoms with E-state index in [4.69, 9.17) is 16.7 Å². The van der Waals surface area contributed by atoms with Crippen LogP contribution < -0.4 is 0 Å².